The summed E-state index contributed by atoms with van der Waals surface area (Å²) in [6, 6.07) is -0.284. The van der Waals surface area contributed by atoms with Gasteiger partial charge in [-0.3, -0.25) is 9.88 Å². The van der Waals surface area contributed by atoms with Crippen molar-refractivity contribution in [1.29, 1.82) is 0 Å². The average Bonchev–Trinajstić information content (AvgIpc) is 3.00. The van der Waals surface area contributed by atoms with Gasteiger partial charge in [-0.25, -0.2) is 14.8 Å². The van der Waals surface area contributed by atoms with Crippen molar-refractivity contribution in [2.45, 2.75) is 6.54 Å². The third-order valence-corrected chi connectivity index (χ3v) is 3.01. The molecule has 18 heavy (non-hydrogen) atoms. The number of imidazole rings is 1. The zero-order valence-electron chi connectivity index (χ0n) is 10.0. The normalized spacial score (nSPS) is 10.8. The van der Waals surface area contributed by atoms with Crippen molar-refractivity contribution < 1.29 is 9.63 Å². The largest absolute Gasteiger partial charge is 0.333 e. The van der Waals surface area contributed by atoms with E-state index >= 15 is 0 Å². The highest BCUT2D eigenvalue weighted by atomic mass is 32.1. The van der Waals surface area contributed by atoms with Gasteiger partial charge in [-0.05, 0) is 0 Å². The standard InChI is InChI=1S/C10H13N5O2S/c1-14(17-2)5-8-6-18-9(12-8)13-10(16)15-4-3-11-7-15/h3-4,6-7H,5H2,1-2H3,(H,12,13,16). The number of hydrogen-bond acceptors (Lipinski definition) is 6. The molecule has 96 valence electrons. The summed E-state index contributed by atoms with van der Waals surface area (Å²) >= 11 is 1.37. The van der Waals surface area contributed by atoms with Crippen molar-refractivity contribution in [3.63, 3.8) is 0 Å². The first-order chi connectivity index (χ1) is 8.69. The molecule has 0 aliphatic rings. The number of anilines is 1. The lowest BCUT2D eigenvalue weighted by Crippen LogP contribution is -2.18. The Morgan fingerprint density at radius 1 is 1.67 bits per heavy atom. The van der Waals surface area contributed by atoms with Crippen LogP contribution in [0, 0.1) is 0 Å². The summed E-state index contributed by atoms with van der Waals surface area (Å²) in [7, 11) is 3.40. The van der Waals surface area contributed by atoms with Crippen molar-refractivity contribution in [2.75, 3.05) is 19.5 Å². The Morgan fingerprint density at radius 3 is 3.17 bits per heavy atom. The maximum Gasteiger partial charge on any atom is 0.333 e. The lowest BCUT2D eigenvalue weighted by molar-refractivity contribution is -0.117. The third-order valence-electron chi connectivity index (χ3n) is 2.20. The first kappa shape index (κ1) is 12.7. The van der Waals surface area contributed by atoms with Gasteiger partial charge < -0.3 is 4.84 Å². The van der Waals surface area contributed by atoms with E-state index in [1.807, 2.05) is 12.4 Å². The van der Waals surface area contributed by atoms with Crippen molar-refractivity contribution in [3.8, 4) is 0 Å². The summed E-state index contributed by atoms with van der Waals surface area (Å²) in [6.07, 6.45) is 4.55. The van der Waals surface area contributed by atoms with E-state index in [1.165, 1.54) is 22.2 Å². The van der Waals surface area contributed by atoms with Crippen LogP contribution in [0.2, 0.25) is 0 Å². The molecule has 7 nitrogen and oxygen atoms in total. The van der Waals surface area contributed by atoms with E-state index in [9.17, 15) is 4.79 Å². The van der Waals surface area contributed by atoms with Crippen LogP contribution in [0.5, 0.6) is 0 Å². The van der Waals surface area contributed by atoms with Crippen LogP contribution in [0.3, 0.4) is 0 Å². The Bertz CT molecular complexity index is 510. The molecule has 0 saturated carbocycles. The Morgan fingerprint density at radius 2 is 2.50 bits per heavy atom. The van der Waals surface area contributed by atoms with E-state index in [4.69, 9.17) is 4.84 Å². The third kappa shape index (κ3) is 3.13. The highest BCUT2D eigenvalue weighted by Crippen LogP contribution is 2.16. The van der Waals surface area contributed by atoms with Crippen LogP contribution >= 0.6 is 11.3 Å². The molecule has 1 amide bonds. The van der Waals surface area contributed by atoms with Crippen molar-refractivity contribution in [3.05, 3.63) is 29.8 Å². The summed E-state index contributed by atoms with van der Waals surface area (Å²) in [5.74, 6) is 0. The van der Waals surface area contributed by atoms with E-state index < -0.39 is 0 Å². The number of hydroxylamine groups is 2. The zero-order chi connectivity index (χ0) is 13.0. The lowest BCUT2D eigenvalue weighted by atomic mass is 10.5. The Kier molecular flexibility index (Phi) is 4.03. The van der Waals surface area contributed by atoms with Crippen LogP contribution in [0.15, 0.2) is 24.1 Å². The molecule has 0 fully saturated rings. The number of carbonyl (C=O) groups excluding carboxylic acids is 1. The minimum absolute atomic E-state index is 0.284. The van der Waals surface area contributed by atoms with Gasteiger partial charge in [0.05, 0.1) is 19.3 Å². The van der Waals surface area contributed by atoms with E-state index in [2.05, 4.69) is 15.3 Å². The highest BCUT2D eigenvalue weighted by molar-refractivity contribution is 7.13. The van der Waals surface area contributed by atoms with Gasteiger partial charge in [0, 0.05) is 24.8 Å². The van der Waals surface area contributed by atoms with Gasteiger partial charge in [-0.2, -0.15) is 5.06 Å². The van der Waals surface area contributed by atoms with E-state index in [0.29, 0.717) is 11.7 Å². The fraction of sp³-hybridized carbons (Fsp3) is 0.300. The zero-order valence-corrected chi connectivity index (χ0v) is 10.8. The van der Waals surface area contributed by atoms with E-state index in [1.54, 1.807) is 24.6 Å². The molecular weight excluding hydrogens is 254 g/mol. The molecule has 1 N–H and O–H groups in total. The number of rotatable bonds is 4. The van der Waals surface area contributed by atoms with Crippen LogP contribution in [0.4, 0.5) is 9.93 Å². The molecule has 0 aliphatic heterocycles. The van der Waals surface area contributed by atoms with Gasteiger partial charge >= 0.3 is 6.03 Å². The number of nitrogens with zero attached hydrogens (tertiary/aromatic N) is 4. The summed E-state index contributed by atoms with van der Waals surface area (Å²) in [4.78, 5) is 24.8. The minimum atomic E-state index is -0.284. The highest BCUT2D eigenvalue weighted by Gasteiger charge is 2.09. The first-order valence-corrected chi connectivity index (χ1v) is 6.06. The second-order valence-electron chi connectivity index (χ2n) is 3.51. The summed E-state index contributed by atoms with van der Waals surface area (Å²) < 4.78 is 1.35. The number of thiazole rings is 1. The minimum Gasteiger partial charge on any atom is -0.302 e. The summed E-state index contributed by atoms with van der Waals surface area (Å²) in [5.41, 5.74) is 0.838. The molecule has 0 unspecified atom stereocenters. The lowest BCUT2D eigenvalue weighted by Gasteiger charge is -2.10. The quantitative estimate of drug-likeness (QED) is 0.848. The second-order valence-corrected chi connectivity index (χ2v) is 4.37. The van der Waals surface area contributed by atoms with Crippen LogP contribution in [-0.4, -0.2) is 39.8 Å². The number of aromatic nitrogens is 3. The number of carbonyl (C=O) groups is 1. The van der Waals surface area contributed by atoms with Gasteiger partial charge in [0.25, 0.3) is 0 Å². The molecule has 2 rings (SSSR count). The Labute approximate surface area is 108 Å². The second kappa shape index (κ2) is 5.71. The van der Waals surface area contributed by atoms with Crippen LogP contribution < -0.4 is 5.32 Å². The molecule has 0 radical (unpaired) electrons. The molecule has 2 aromatic rings. The average molecular weight is 267 g/mol. The molecule has 0 aromatic carbocycles. The van der Waals surface area contributed by atoms with E-state index in [0.717, 1.165) is 5.69 Å². The topological polar surface area (TPSA) is 72.3 Å². The molecule has 2 heterocycles. The number of nitrogens with one attached hydrogen (secondary N) is 1. The van der Waals surface area contributed by atoms with Crippen molar-refractivity contribution >= 4 is 22.5 Å². The summed E-state index contributed by atoms with van der Waals surface area (Å²) in [5, 5.41) is 6.76. The number of hydrogen-bond donors (Lipinski definition) is 1. The number of amides is 1. The smallest absolute Gasteiger partial charge is 0.302 e. The van der Waals surface area contributed by atoms with Gasteiger partial charge in [0.15, 0.2) is 5.13 Å². The van der Waals surface area contributed by atoms with Crippen LogP contribution in [-0.2, 0) is 11.4 Å². The summed E-state index contributed by atoms with van der Waals surface area (Å²) in [6.45, 7) is 0.563. The van der Waals surface area contributed by atoms with Crippen LogP contribution in [0.1, 0.15) is 5.69 Å². The SMILES string of the molecule is CON(C)Cc1csc(NC(=O)n2ccnc2)n1. The maximum absolute atomic E-state index is 11.7. The molecule has 0 saturated heterocycles. The predicted octanol–water partition coefficient (Wildman–Crippen LogP) is 1.41. The van der Waals surface area contributed by atoms with Gasteiger partial charge in [0.2, 0.25) is 0 Å². The fourth-order valence-electron chi connectivity index (χ4n) is 1.26. The molecule has 0 aliphatic carbocycles. The first-order valence-electron chi connectivity index (χ1n) is 5.18. The van der Waals surface area contributed by atoms with Crippen LogP contribution in [0.25, 0.3) is 0 Å². The predicted molar refractivity (Wildman–Crippen MR) is 67.2 cm³/mol. The van der Waals surface area contributed by atoms with Crippen molar-refractivity contribution in [2.24, 2.45) is 0 Å². The maximum atomic E-state index is 11.7. The molecule has 0 atom stereocenters. The molecular formula is C10H13N5O2S. The molecule has 8 heteroatoms. The van der Waals surface area contributed by atoms with Crippen molar-refractivity contribution in [1.82, 2.24) is 19.6 Å². The Hall–Kier alpha value is -1.77. The van der Waals surface area contributed by atoms with E-state index in [-0.39, 0.29) is 6.03 Å². The Balaban J connectivity index is 1.96. The fourth-order valence-corrected chi connectivity index (χ4v) is 1.96. The molecule has 2 aromatic heterocycles. The monoisotopic (exact) mass is 267 g/mol. The van der Waals surface area contributed by atoms with Gasteiger partial charge in [0.1, 0.15) is 6.33 Å². The molecule has 0 spiro atoms. The van der Waals surface area contributed by atoms with Gasteiger partial charge in [-0.15, -0.1) is 11.3 Å². The molecule has 0 bridgehead atoms. The van der Waals surface area contributed by atoms with Gasteiger partial charge in [-0.1, -0.05) is 0 Å².